The van der Waals surface area contributed by atoms with E-state index in [4.69, 9.17) is 0 Å². The highest BCUT2D eigenvalue weighted by molar-refractivity contribution is 7.91. The second-order valence-electron chi connectivity index (χ2n) is 5.17. The molecule has 0 bridgehead atoms. The Bertz CT molecular complexity index is 490. The predicted octanol–water partition coefficient (Wildman–Crippen LogP) is 1.93. The zero-order valence-corrected chi connectivity index (χ0v) is 12.4. The maximum Gasteiger partial charge on any atom is 0.250 e. The average Bonchev–Trinajstić information content (AvgIpc) is 3.00. The Morgan fingerprint density at radius 2 is 2.17 bits per heavy atom. The van der Waals surface area contributed by atoms with Crippen molar-refractivity contribution >= 4 is 21.4 Å². The molecule has 1 saturated carbocycles. The topological polar surface area (TPSA) is 58.2 Å². The van der Waals surface area contributed by atoms with Gasteiger partial charge in [0.25, 0.3) is 0 Å². The quantitative estimate of drug-likeness (QED) is 0.806. The summed E-state index contributed by atoms with van der Waals surface area (Å²) in [6.45, 7) is 5.22. The molecule has 1 heterocycles. The summed E-state index contributed by atoms with van der Waals surface area (Å²) in [6.07, 6.45) is 2.48. The fraction of sp³-hybridized carbons (Fsp3) is 0.667. The van der Waals surface area contributed by atoms with E-state index in [1.807, 2.05) is 19.2 Å². The van der Waals surface area contributed by atoms with E-state index in [1.165, 1.54) is 24.2 Å². The molecule has 0 saturated heterocycles. The fourth-order valence-corrected chi connectivity index (χ4v) is 3.95. The van der Waals surface area contributed by atoms with Gasteiger partial charge in [0.1, 0.15) is 4.21 Å². The van der Waals surface area contributed by atoms with E-state index < -0.39 is 10.0 Å². The van der Waals surface area contributed by atoms with Crippen LogP contribution < -0.4 is 10.0 Å². The van der Waals surface area contributed by atoms with Crippen LogP contribution in [0.1, 0.15) is 32.3 Å². The molecule has 18 heavy (non-hydrogen) atoms. The molecule has 1 fully saturated rings. The van der Waals surface area contributed by atoms with Crippen LogP contribution in [-0.2, 0) is 16.6 Å². The van der Waals surface area contributed by atoms with E-state index in [1.54, 1.807) is 6.07 Å². The first kappa shape index (κ1) is 14.0. The molecule has 0 amide bonds. The van der Waals surface area contributed by atoms with E-state index in [-0.39, 0.29) is 0 Å². The van der Waals surface area contributed by atoms with Gasteiger partial charge >= 0.3 is 0 Å². The van der Waals surface area contributed by atoms with Crippen LogP contribution in [0.15, 0.2) is 15.7 Å². The second kappa shape index (κ2) is 5.69. The van der Waals surface area contributed by atoms with Gasteiger partial charge in [-0.1, -0.05) is 13.8 Å². The third-order valence-corrected chi connectivity index (χ3v) is 5.66. The Balaban J connectivity index is 1.94. The highest BCUT2D eigenvalue weighted by Gasteiger charge is 2.21. The summed E-state index contributed by atoms with van der Waals surface area (Å²) in [5.74, 6) is 0.316. The number of hydrogen-bond acceptors (Lipinski definition) is 4. The third-order valence-electron chi connectivity index (χ3n) is 2.75. The first-order chi connectivity index (χ1) is 8.47. The normalized spacial score (nSPS) is 16.4. The van der Waals surface area contributed by atoms with Gasteiger partial charge in [-0.3, -0.25) is 0 Å². The monoisotopic (exact) mass is 288 g/mol. The van der Waals surface area contributed by atoms with Crippen molar-refractivity contribution in [2.45, 2.75) is 43.5 Å². The van der Waals surface area contributed by atoms with Crippen LogP contribution in [0.4, 0.5) is 0 Å². The van der Waals surface area contributed by atoms with E-state index >= 15 is 0 Å². The maximum absolute atomic E-state index is 12.0. The number of sulfonamides is 1. The molecular weight excluding hydrogens is 268 g/mol. The summed E-state index contributed by atoms with van der Waals surface area (Å²) >= 11 is 1.29. The lowest BCUT2D eigenvalue weighted by molar-refractivity contribution is 0.562. The zero-order valence-electron chi connectivity index (χ0n) is 10.8. The largest absolute Gasteiger partial charge is 0.310 e. The minimum atomic E-state index is -3.32. The molecular formula is C12H20N2O2S2. The molecule has 0 atom stereocenters. The number of hydrogen-bond donors (Lipinski definition) is 2. The minimum absolute atomic E-state index is 0.316. The van der Waals surface area contributed by atoms with Crippen molar-refractivity contribution in [2.24, 2.45) is 5.92 Å². The predicted molar refractivity (Wildman–Crippen MR) is 74.2 cm³/mol. The van der Waals surface area contributed by atoms with Gasteiger partial charge in [-0.25, -0.2) is 13.1 Å². The number of rotatable bonds is 7. The molecule has 0 aromatic carbocycles. The van der Waals surface area contributed by atoms with E-state index in [9.17, 15) is 8.42 Å². The standard InChI is InChI=1S/C12H20N2O2S2/c1-9(2)6-14-18(15,16)12-5-10(8-17-12)7-13-11-3-4-11/h5,8-9,11,13-14H,3-4,6-7H2,1-2H3. The van der Waals surface area contributed by atoms with Crippen molar-refractivity contribution in [3.63, 3.8) is 0 Å². The molecule has 0 aliphatic heterocycles. The summed E-state index contributed by atoms with van der Waals surface area (Å²) in [6, 6.07) is 2.41. The van der Waals surface area contributed by atoms with Gasteiger partial charge in [0.05, 0.1) is 0 Å². The third kappa shape index (κ3) is 4.05. The van der Waals surface area contributed by atoms with Crippen molar-refractivity contribution < 1.29 is 8.42 Å². The lowest BCUT2D eigenvalue weighted by Gasteiger charge is -2.06. The van der Waals surface area contributed by atoms with Crippen LogP contribution in [0.5, 0.6) is 0 Å². The Morgan fingerprint density at radius 3 is 2.78 bits per heavy atom. The summed E-state index contributed by atoms with van der Waals surface area (Å²) in [4.78, 5) is 0. The molecule has 1 aliphatic rings. The van der Waals surface area contributed by atoms with Crippen molar-refractivity contribution in [2.75, 3.05) is 6.54 Å². The average molecular weight is 288 g/mol. The van der Waals surface area contributed by atoms with Crippen molar-refractivity contribution in [1.29, 1.82) is 0 Å². The van der Waals surface area contributed by atoms with Gasteiger partial charge in [0.15, 0.2) is 0 Å². The summed E-state index contributed by atoms with van der Waals surface area (Å²) < 4.78 is 27.0. The van der Waals surface area contributed by atoms with Crippen LogP contribution >= 0.6 is 11.3 Å². The molecule has 6 heteroatoms. The second-order valence-corrected chi connectivity index (χ2v) is 8.08. The Labute approximate surface area is 113 Å². The first-order valence-electron chi connectivity index (χ1n) is 6.28. The van der Waals surface area contributed by atoms with E-state index in [0.29, 0.717) is 22.7 Å². The molecule has 1 aromatic heterocycles. The maximum atomic E-state index is 12.0. The molecule has 0 spiro atoms. The molecule has 2 rings (SSSR count). The van der Waals surface area contributed by atoms with Crippen LogP contribution in [0, 0.1) is 5.92 Å². The van der Waals surface area contributed by atoms with Gasteiger partial charge in [-0.05, 0) is 35.8 Å². The van der Waals surface area contributed by atoms with E-state index in [0.717, 1.165) is 12.1 Å². The van der Waals surface area contributed by atoms with Gasteiger partial charge in [-0.2, -0.15) is 0 Å². The highest BCUT2D eigenvalue weighted by Crippen LogP contribution is 2.23. The van der Waals surface area contributed by atoms with Crippen LogP contribution in [0.25, 0.3) is 0 Å². The SMILES string of the molecule is CC(C)CNS(=O)(=O)c1cc(CNC2CC2)cs1. The van der Waals surface area contributed by atoms with Crippen molar-refractivity contribution in [3.8, 4) is 0 Å². The van der Waals surface area contributed by atoms with Gasteiger partial charge in [0.2, 0.25) is 10.0 Å². The van der Waals surface area contributed by atoms with Crippen LogP contribution in [0.3, 0.4) is 0 Å². The van der Waals surface area contributed by atoms with Crippen LogP contribution in [-0.4, -0.2) is 21.0 Å². The fourth-order valence-electron chi connectivity index (χ4n) is 1.48. The lowest BCUT2D eigenvalue weighted by atomic mass is 10.2. The van der Waals surface area contributed by atoms with Gasteiger partial charge < -0.3 is 5.32 Å². The van der Waals surface area contributed by atoms with Gasteiger partial charge in [0, 0.05) is 19.1 Å². The van der Waals surface area contributed by atoms with Crippen molar-refractivity contribution in [1.82, 2.24) is 10.0 Å². The minimum Gasteiger partial charge on any atom is -0.310 e. The Kier molecular flexibility index (Phi) is 4.42. The number of nitrogens with one attached hydrogen (secondary N) is 2. The molecule has 102 valence electrons. The van der Waals surface area contributed by atoms with E-state index in [2.05, 4.69) is 10.0 Å². The molecule has 1 aromatic rings. The lowest BCUT2D eigenvalue weighted by Crippen LogP contribution is -2.26. The summed E-state index contributed by atoms with van der Waals surface area (Å²) in [5, 5.41) is 5.30. The first-order valence-corrected chi connectivity index (χ1v) is 8.64. The van der Waals surface area contributed by atoms with Gasteiger partial charge in [-0.15, -0.1) is 11.3 Å². The van der Waals surface area contributed by atoms with Crippen molar-refractivity contribution in [3.05, 3.63) is 17.0 Å². The Hall–Kier alpha value is -0.430. The zero-order chi connectivity index (χ0) is 13.2. The summed E-state index contributed by atoms with van der Waals surface area (Å²) in [7, 11) is -3.32. The Morgan fingerprint density at radius 1 is 1.44 bits per heavy atom. The molecule has 4 nitrogen and oxygen atoms in total. The molecule has 0 unspecified atom stereocenters. The molecule has 1 aliphatic carbocycles. The molecule has 0 radical (unpaired) electrons. The highest BCUT2D eigenvalue weighted by atomic mass is 32.2. The summed E-state index contributed by atoms with van der Waals surface area (Å²) in [5.41, 5.74) is 1.05. The molecule has 2 N–H and O–H groups in total. The number of thiophene rings is 1. The smallest absolute Gasteiger partial charge is 0.250 e. The van der Waals surface area contributed by atoms with Crippen LogP contribution in [0.2, 0.25) is 0 Å².